The summed E-state index contributed by atoms with van der Waals surface area (Å²) >= 11 is 0. The number of ether oxygens (including phenoxy) is 2. The maximum absolute atomic E-state index is 13.5. The molecule has 2 amide bonds. The average molecular weight is 426 g/mol. The van der Waals surface area contributed by atoms with Crippen molar-refractivity contribution in [2.24, 2.45) is 5.92 Å². The first-order valence-electron chi connectivity index (χ1n) is 10.9. The van der Waals surface area contributed by atoms with E-state index in [1.54, 1.807) is 19.2 Å². The van der Waals surface area contributed by atoms with Crippen molar-refractivity contribution in [3.8, 4) is 0 Å². The van der Waals surface area contributed by atoms with Crippen molar-refractivity contribution < 1.29 is 23.5 Å². The second-order valence-electron chi connectivity index (χ2n) is 8.40. The second-order valence-corrected chi connectivity index (χ2v) is 8.40. The molecule has 2 fully saturated rings. The molecule has 4 rings (SSSR count). The molecule has 6 heteroatoms. The summed E-state index contributed by atoms with van der Waals surface area (Å²) in [6.45, 7) is 0.161. The molecule has 1 heterocycles. The first-order valence-corrected chi connectivity index (χ1v) is 10.9. The number of rotatable bonds is 6. The Morgan fingerprint density at radius 3 is 2.42 bits per heavy atom. The van der Waals surface area contributed by atoms with Crippen molar-refractivity contribution in [3.05, 3.63) is 71.5 Å². The number of carbonyl (C=O) groups is 2. The van der Waals surface area contributed by atoms with Crippen molar-refractivity contribution in [2.75, 3.05) is 13.7 Å². The Bertz CT molecular complexity index is 893. The molecule has 0 unspecified atom stereocenters. The number of imide groups is 1. The fourth-order valence-electron chi connectivity index (χ4n) is 4.90. The normalized spacial score (nSPS) is 24.6. The van der Waals surface area contributed by atoms with Gasteiger partial charge in [0.1, 0.15) is 18.5 Å². The molecule has 164 valence electrons. The van der Waals surface area contributed by atoms with E-state index < -0.39 is 12.1 Å². The number of halogens is 1. The topological polar surface area (TPSA) is 55.8 Å². The standard InChI is InChI=1S/C25H28FNO4/c1-30-21-13-9-18(10-14-21)22(17-7-11-20(26)12-8-17)15-24(28)27-23(16-31-25(27)29)19-5-3-2-4-6-19/h2-8,11-12,18,21-23H,9-10,13-16H2,1H3/t18-,21-,22-,23+/m0/s1. The predicted molar refractivity (Wildman–Crippen MR) is 114 cm³/mol. The molecule has 5 nitrogen and oxygen atoms in total. The van der Waals surface area contributed by atoms with E-state index in [-0.39, 0.29) is 42.7 Å². The van der Waals surface area contributed by atoms with Crippen LogP contribution in [0, 0.1) is 11.7 Å². The van der Waals surface area contributed by atoms with Crippen LogP contribution in [0.3, 0.4) is 0 Å². The number of hydrogen-bond acceptors (Lipinski definition) is 4. The average Bonchev–Trinajstić information content (AvgIpc) is 3.20. The number of amides is 2. The maximum atomic E-state index is 13.5. The Kier molecular flexibility index (Phi) is 6.66. The lowest BCUT2D eigenvalue weighted by Gasteiger charge is -2.34. The number of carbonyl (C=O) groups excluding carboxylic acids is 2. The molecule has 2 aromatic rings. The lowest BCUT2D eigenvalue weighted by atomic mass is 9.74. The van der Waals surface area contributed by atoms with Gasteiger partial charge >= 0.3 is 6.09 Å². The van der Waals surface area contributed by atoms with Crippen LogP contribution in [0.2, 0.25) is 0 Å². The van der Waals surface area contributed by atoms with Crippen molar-refractivity contribution >= 4 is 12.0 Å². The van der Waals surface area contributed by atoms with Gasteiger partial charge in [-0.15, -0.1) is 0 Å². The monoisotopic (exact) mass is 425 g/mol. The SMILES string of the molecule is CO[C@H]1CC[C@H]([C@@H](CC(=O)N2C(=O)OC[C@@H]2c2ccccc2)c2ccc(F)cc2)CC1. The molecular weight excluding hydrogens is 397 g/mol. The highest BCUT2D eigenvalue weighted by atomic mass is 19.1. The van der Waals surface area contributed by atoms with Gasteiger partial charge < -0.3 is 9.47 Å². The Morgan fingerprint density at radius 2 is 1.77 bits per heavy atom. The van der Waals surface area contributed by atoms with E-state index in [0.717, 1.165) is 36.8 Å². The van der Waals surface area contributed by atoms with Gasteiger partial charge in [-0.1, -0.05) is 42.5 Å². The van der Waals surface area contributed by atoms with Crippen LogP contribution in [0.15, 0.2) is 54.6 Å². The highest BCUT2D eigenvalue weighted by Gasteiger charge is 2.40. The van der Waals surface area contributed by atoms with Gasteiger partial charge in [0, 0.05) is 13.5 Å². The van der Waals surface area contributed by atoms with Crippen molar-refractivity contribution in [2.45, 2.75) is 50.2 Å². The summed E-state index contributed by atoms with van der Waals surface area (Å²) in [6, 6.07) is 15.4. The van der Waals surface area contributed by atoms with Gasteiger partial charge in [0.05, 0.1) is 6.10 Å². The number of methoxy groups -OCH3 is 1. The van der Waals surface area contributed by atoms with Crippen LogP contribution < -0.4 is 0 Å². The first-order chi connectivity index (χ1) is 15.1. The summed E-state index contributed by atoms with van der Waals surface area (Å²) in [7, 11) is 1.73. The lowest BCUT2D eigenvalue weighted by molar-refractivity contribution is -0.130. The summed E-state index contributed by atoms with van der Waals surface area (Å²) in [5.74, 6) is -0.367. The van der Waals surface area contributed by atoms with Gasteiger partial charge in [-0.25, -0.2) is 14.1 Å². The van der Waals surface area contributed by atoms with E-state index in [4.69, 9.17) is 9.47 Å². The van der Waals surface area contributed by atoms with E-state index >= 15 is 0 Å². The van der Waals surface area contributed by atoms with Crippen molar-refractivity contribution in [3.63, 3.8) is 0 Å². The molecule has 31 heavy (non-hydrogen) atoms. The number of benzene rings is 2. The van der Waals surface area contributed by atoms with Crippen LogP contribution >= 0.6 is 0 Å². The van der Waals surface area contributed by atoms with E-state index in [1.165, 1.54) is 17.0 Å². The minimum Gasteiger partial charge on any atom is -0.446 e. The molecule has 0 bridgehead atoms. The third-order valence-corrected chi connectivity index (χ3v) is 6.64. The molecule has 1 aliphatic carbocycles. The summed E-state index contributed by atoms with van der Waals surface area (Å²) in [5, 5.41) is 0. The highest BCUT2D eigenvalue weighted by molar-refractivity contribution is 5.94. The predicted octanol–water partition coefficient (Wildman–Crippen LogP) is 5.22. The Hall–Kier alpha value is -2.73. The molecule has 1 saturated heterocycles. The van der Waals surface area contributed by atoms with Gasteiger partial charge in [0.2, 0.25) is 5.91 Å². The van der Waals surface area contributed by atoms with Gasteiger partial charge in [-0.3, -0.25) is 4.79 Å². The number of hydrogen-bond donors (Lipinski definition) is 0. The Morgan fingerprint density at radius 1 is 1.10 bits per heavy atom. The molecule has 0 N–H and O–H groups in total. The molecular formula is C25H28FNO4. The van der Waals surface area contributed by atoms with E-state index in [9.17, 15) is 14.0 Å². The molecule has 1 saturated carbocycles. The van der Waals surface area contributed by atoms with Gasteiger partial charge in [0.15, 0.2) is 0 Å². The lowest BCUT2D eigenvalue weighted by Crippen LogP contribution is -2.36. The molecule has 0 radical (unpaired) electrons. The highest BCUT2D eigenvalue weighted by Crippen LogP contribution is 2.40. The van der Waals surface area contributed by atoms with Gasteiger partial charge in [-0.05, 0) is 60.8 Å². The summed E-state index contributed by atoms with van der Waals surface area (Å²) in [6.07, 6.45) is 3.57. The summed E-state index contributed by atoms with van der Waals surface area (Å²) in [4.78, 5) is 27.1. The Labute approximate surface area is 182 Å². The summed E-state index contributed by atoms with van der Waals surface area (Å²) < 4.78 is 24.3. The zero-order chi connectivity index (χ0) is 21.8. The zero-order valence-corrected chi connectivity index (χ0v) is 17.7. The van der Waals surface area contributed by atoms with E-state index in [2.05, 4.69) is 0 Å². The smallest absolute Gasteiger partial charge is 0.417 e. The van der Waals surface area contributed by atoms with Crippen LogP contribution in [-0.2, 0) is 14.3 Å². The third-order valence-electron chi connectivity index (χ3n) is 6.64. The fraction of sp³-hybridized carbons (Fsp3) is 0.440. The van der Waals surface area contributed by atoms with Crippen molar-refractivity contribution in [1.82, 2.24) is 4.90 Å². The number of nitrogens with zero attached hydrogens (tertiary/aromatic N) is 1. The molecule has 0 aromatic heterocycles. The van der Waals surface area contributed by atoms with Crippen LogP contribution in [0.1, 0.15) is 55.2 Å². The minimum atomic E-state index is -0.597. The molecule has 2 aromatic carbocycles. The van der Waals surface area contributed by atoms with Crippen LogP contribution in [-0.4, -0.2) is 36.7 Å². The van der Waals surface area contributed by atoms with Gasteiger partial charge in [-0.2, -0.15) is 0 Å². The number of cyclic esters (lactones) is 1. The van der Waals surface area contributed by atoms with Crippen LogP contribution in [0.4, 0.5) is 9.18 Å². The largest absolute Gasteiger partial charge is 0.446 e. The quantitative estimate of drug-likeness (QED) is 0.636. The molecule has 1 aliphatic heterocycles. The second kappa shape index (κ2) is 9.60. The first kappa shape index (κ1) is 21.5. The maximum Gasteiger partial charge on any atom is 0.417 e. The van der Waals surface area contributed by atoms with E-state index in [1.807, 2.05) is 30.3 Å². The van der Waals surface area contributed by atoms with Crippen LogP contribution in [0.5, 0.6) is 0 Å². The summed E-state index contributed by atoms with van der Waals surface area (Å²) in [5.41, 5.74) is 1.81. The van der Waals surface area contributed by atoms with Gasteiger partial charge in [0.25, 0.3) is 0 Å². The minimum absolute atomic E-state index is 0.0873. The molecule has 2 atom stereocenters. The Balaban J connectivity index is 1.56. The zero-order valence-electron chi connectivity index (χ0n) is 17.7. The van der Waals surface area contributed by atoms with E-state index in [0.29, 0.717) is 0 Å². The third kappa shape index (κ3) is 4.79. The van der Waals surface area contributed by atoms with Crippen molar-refractivity contribution in [1.29, 1.82) is 0 Å². The molecule has 2 aliphatic rings. The fourth-order valence-corrected chi connectivity index (χ4v) is 4.90. The molecule has 0 spiro atoms. The van der Waals surface area contributed by atoms with Crippen LogP contribution in [0.25, 0.3) is 0 Å².